The normalized spacial score (nSPS) is 20.6. The smallest absolute Gasteiger partial charge is 0.125 e. The van der Waals surface area contributed by atoms with Crippen LogP contribution in [0, 0.1) is 11.8 Å². The third-order valence-corrected chi connectivity index (χ3v) is 3.84. The summed E-state index contributed by atoms with van der Waals surface area (Å²) in [5.41, 5.74) is 1.32. The van der Waals surface area contributed by atoms with Gasteiger partial charge in [-0.2, -0.15) is 0 Å². The summed E-state index contributed by atoms with van der Waals surface area (Å²) in [6.07, 6.45) is 3.35. The fraction of sp³-hybridized carbons (Fsp3) is 0.667. The number of hydrogen-bond donors (Lipinski definition) is 1. The van der Waals surface area contributed by atoms with E-state index in [2.05, 4.69) is 48.1 Å². The van der Waals surface area contributed by atoms with E-state index in [0.717, 1.165) is 30.7 Å². The Kier molecular flexibility index (Phi) is 4.59. The van der Waals surface area contributed by atoms with Crippen LogP contribution in [-0.2, 0) is 6.54 Å². The number of nitrogens with zero attached hydrogens (tertiary/aromatic N) is 2. The van der Waals surface area contributed by atoms with Crippen LogP contribution in [0.2, 0.25) is 0 Å². The summed E-state index contributed by atoms with van der Waals surface area (Å²) in [4.78, 5) is 6.98. The van der Waals surface area contributed by atoms with Crippen molar-refractivity contribution in [3.8, 4) is 0 Å². The SMILES string of the molecule is CCNc1ccc(CN2CCC(C(C)C)C2)cn1. The van der Waals surface area contributed by atoms with Gasteiger partial charge in [0.1, 0.15) is 5.82 Å². The van der Waals surface area contributed by atoms with Crippen LogP contribution in [0.15, 0.2) is 18.3 Å². The van der Waals surface area contributed by atoms with Gasteiger partial charge in [-0.1, -0.05) is 19.9 Å². The minimum Gasteiger partial charge on any atom is -0.370 e. The van der Waals surface area contributed by atoms with Gasteiger partial charge in [-0.25, -0.2) is 4.98 Å². The first-order valence-electron chi connectivity index (χ1n) is 7.10. The van der Waals surface area contributed by atoms with Crippen molar-refractivity contribution < 1.29 is 0 Å². The van der Waals surface area contributed by atoms with Crippen LogP contribution in [0.4, 0.5) is 5.82 Å². The van der Waals surface area contributed by atoms with Gasteiger partial charge in [0.15, 0.2) is 0 Å². The van der Waals surface area contributed by atoms with E-state index < -0.39 is 0 Å². The molecule has 0 aliphatic carbocycles. The minimum absolute atomic E-state index is 0.809. The van der Waals surface area contributed by atoms with E-state index in [0.29, 0.717) is 0 Å². The van der Waals surface area contributed by atoms with Crippen LogP contribution in [-0.4, -0.2) is 29.5 Å². The van der Waals surface area contributed by atoms with Gasteiger partial charge < -0.3 is 5.32 Å². The Balaban J connectivity index is 1.86. The summed E-state index contributed by atoms with van der Waals surface area (Å²) in [5.74, 6) is 2.66. The maximum absolute atomic E-state index is 4.43. The van der Waals surface area contributed by atoms with Crippen molar-refractivity contribution >= 4 is 5.82 Å². The quantitative estimate of drug-likeness (QED) is 0.867. The lowest BCUT2D eigenvalue weighted by Gasteiger charge is -2.17. The largest absolute Gasteiger partial charge is 0.370 e. The van der Waals surface area contributed by atoms with E-state index >= 15 is 0 Å². The molecule has 18 heavy (non-hydrogen) atoms. The van der Waals surface area contributed by atoms with Crippen molar-refractivity contribution in [2.75, 3.05) is 25.0 Å². The van der Waals surface area contributed by atoms with E-state index in [9.17, 15) is 0 Å². The first-order valence-corrected chi connectivity index (χ1v) is 7.10. The highest BCUT2D eigenvalue weighted by Gasteiger charge is 2.24. The molecule has 1 aromatic heterocycles. The van der Waals surface area contributed by atoms with Gasteiger partial charge in [0.25, 0.3) is 0 Å². The minimum atomic E-state index is 0.809. The number of nitrogens with one attached hydrogen (secondary N) is 1. The molecule has 3 nitrogen and oxygen atoms in total. The molecule has 0 radical (unpaired) electrons. The van der Waals surface area contributed by atoms with Gasteiger partial charge in [-0.3, -0.25) is 4.90 Å². The number of anilines is 1. The number of aromatic nitrogens is 1. The summed E-state index contributed by atoms with van der Waals surface area (Å²) in [6, 6.07) is 4.27. The molecule has 0 amide bonds. The summed E-state index contributed by atoms with van der Waals surface area (Å²) in [7, 11) is 0. The highest BCUT2D eigenvalue weighted by molar-refractivity contribution is 5.35. The first-order chi connectivity index (χ1) is 8.69. The molecule has 1 aliphatic heterocycles. The van der Waals surface area contributed by atoms with Gasteiger partial charge in [0.05, 0.1) is 0 Å². The van der Waals surface area contributed by atoms with E-state index in [-0.39, 0.29) is 0 Å². The van der Waals surface area contributed by atoms with Crippen molar-refractivity contribution in [3.05, 3.63) is 23.9 Å². The van der Waals surface area contributed by atoms with Crippen molar-refractivity contribution in [1.82, 2.24) is 9.88 Å². The second-order valence-electron chi connectivity index (χ2n) is 5.61. The fourth-order valence-corrected chi connectivity index (χ4v) is 2.61. The number of likely N-dealkylation sites (tertiary alicyclic amines) is 1. The molecule has 2 rings (SSSR count). The molecule has 0 saturated carbocycles. The monoisotopic (exact) mass is 247 g/mol. The third-order valence-electron chi connectivity index (χ3n) is 3.84. The second kappa shape index (κ2) is 6.19. The predicted octanol–water partition coefficient (Wildman–Crippen LogP) is 2.99. The lowest BCUT2D eigenvalue weighted by Crippen LogP contribution is -2.21. The average Bonchev–Trinajstić information content (AvgIpc) is 2.81. The lowest BCUT2D eigenvalue weighted by molar-refractivity contribution is 0.296. The van der Waals surface area contributed by atoms with Gasteiger partial charge in [-0.15, -0.1) is 0 Å². The van der Waals surface area contributed by atoms with Crippen LogP contribution >= 0.6 is 0 Å². The van der Waals surface area contributed by atoms with Crippen LogP contribution in [0.5, 0.6) is 0 Å². The Morgan fingerprint density at radius 2 is 2.28 bits per heavy atom. The van der Waals surface area contributed by atoms with Crippen molar-refractivity contribution in [3.63, 3.8) is 0 Å². The second-order valence-corrected chi connectivity index (χ2v) is 5.61. The van der Waals surface area contributed by atoms with Crippen LogP contribution in [0.1, 0.15) is 32.8 Å². The van der Waals surface area contributed by atoms with Crippen molar-refractivity contribution in [2.24, 2.45) is 11.8 Å². The van der Waals surface area contributed by atoms with Gasteiger partial charge in [-0.05, 0) is 43.4 Å². The zero-order chi connectivity index (χ0) is 13.0. The topological polar surface area (TPSA) is 28.2 Å². The average molecular weight is 247 g/mol. The molecule has 1 aromatic rings. The molecule has 1 unspecified atom stereocenters. The molecular formula is C15H25N3. The molecule has 1 saturated heterocycles. The highest BCUT2D eigenvalue weighted by atomic mass is 15.1. The summed E-state index contributed by atoms with van der Waals surface area (Å²) >= 11 is 0. The maximum Gasteiger partial charge on any atom is 0.125 e. The van der Waals surface area contributed by atoms with E-state index in [1.54, 1.807) is 0 Å². The Morgan fingerprint density at radius 1 is 1.44 bits per heavy atom. The molecule has 0 spiro atoms. The highest BCUT2D eigenvalue weighted by Crippen LogP contribution is 2.24. The van der Waals surface area contributed by atoms with Crippen LogP contribution in [0.3, 0.4) is 0 Å². The predicted molar refractivity (Wildman–Crippen MR) is 76.6 cm³/mol. The summed E-state index contributed by atoms with van der Waals surface area (Å²) in [6.45, 7) is 11.2. The standard InChI is InChI=1S/C15H25N3/c1-4-16-15-6-5-13(9-17-15)10-18-8-7-14(11-18)12(2)3/h5-6,9,12,14H,4,7-8,10-11H2,1-3H3,(H,16,17). The molecule has 2 heterocycles. The molecule has 0 aromatic carbocycles. The molecule has 1 atom stereocenters. The third kappa shape index (κ3) is 3.45. The zero-order valence-electron chi connectivity index (χ0n) is 11.8. The first kappa shape index (κ1) is 13.3. The Morgan fingerprint density at radius 3 is 2.83 bits per heavy atom. The molecule has 0 bridgehead atoms. The maximum atomic E-state index is 4.43. The number of pyridine rings is 1. The van der Waals surface area contributed by atoms with Crippen LogP contribution in [0.25, 0.3) is 0 Å². The zero-order valence-corrected chi connectivity index (χ0v) is 11.8. The van der Waals surface area contributed by atoms with Gasteiger partial charge >= 0.3 is 0 Å². The van der Waals surface area contributed by atoms with Gasteiger partial charge in [0.2, 0.25) is 0 Å². The molecule has 1 fully saturated rings. The Bertz CT molecular complexity index is 359. The summed E-state index contributed by atoms with van der Waals surface area (Å²) < 4.78 is 0. The molecular weight excluding hydrogens is 222 g/mol. The lowest BCUT2D eigenvalue weighted by atomic mass is 9.95. The Hall–Kier alpha value is -1.09. The van der Waals surface area contributed by atoms with Crippen LogP contribution < -0.4 is 5.32 Å². The molecule has 1 aliphatic rings. The van der Waals surface area contributed by atoms with E-state index in [4.69, 9.17) is 0 Å². The fourth-order valence-electron chi connectivity index (χ4n) is 2.61. The number of hydrogen-bond acceptors (Lipinski definition) is 3. The van der Waals surface area contributed by atoms with Crippen molar-refractivity contribution in [2.45, 2.75) is 33.7 Å². The molecule has 3 heteroatoms. The summed E-state index contributed by atoms with van der Waals surface area (Å²) in [5, 5.41) is 3.23. The molecule has 1 N–H and O–H groups in total. The number of rotatable bonds is 5. The molecule has 100 valence electrons. The van der Waals surface area contributed by atoms with Crippen molar-refractivity contribution in [1.29, 1.82) is 0 Å². The van der Waals surface area contributed by atoms with E-state index in [1.165, 1.54) is 25.1 Å². The van der Waals surface area contributed by atoms with E-state index in [1.807, 2.05) is 6.20 Å². The Labute approximate surface area is 111 Å². The van der Waals surface area contributed by atoms with Gasteiger partial charge in [0, 0.05) is 25.8 Å².